The van der Waals surface area contributed by atoms with Crippen LogP contribution in [0.25, 0.3) is 0 Å². The summed E-state index contributed by atoms with van der Waals surface area (Å²) in [4.78, 5) is 11.7. The monoisotopic (exact) mass is 252 g/mol. The second-order valence-corrected chi connectivity index (χ2v) is 4.79. The Labute approximate surface area is 107 Å². The molecule has 0 amide bonds. The van der Waals surface area contributed by atoms with Crippen LogP contribution in [0.3, 0.4) is 0 Å². The van der Waals surface area contributed by atoms with E-state index in [4.69, 9.17) is 4.74 Å². The van der Waals surface area contributed by atoms with Gasteiger partial charge in [0, 0.05) is 17.7 Å². The third-order valence-corrected chi connectivity index (χ3v) is 3.37. The highest BCUT2D eigenvalue weighted by atomic mass is 32.1. The summed E-state index contributed by atoms with van der Waals surface area (Å²) < 4.78 is 5.71. The Hall–Kier alpha value is -1.00. The van der Waals surface area contributed by atoms with Crippen molar-refractivity contribution >= 4 is 18.6 Å². The zero-order chi connectivity index (χ0) is 12.1. The topological polar surface area (TPSA) is 42.9 Å². The van der Waals surface area contributed by atoms with E-state index in [2.05, 4.69) is 17.9 Å². The van der Waals surface area contributed by atoms with E-state index >= 15 is 0 Å². The summed E-state index contributed by atoms with van der Waals surface area (Å²) >= 11 is 4.06. The summed E-state index contributed by atoms with van der Waals surface area (Å²) in [5.41, 5.74) is 0.669. The molecule has 0 bridgehead atoms. The highest BCUT2D eigenvalue weighted by Gasteiger charge is 2.42. The average Bonchev–Trinajstić information content (AvgIpc) is 2.80. The van der Waals surface area contributed by atoms with Gasteiger partial charge in [-0.05, 0) is 0 Å². The lowest BCUT2D eigenvalue weighted by Gasteiger charge is -2.26. The van der Waals surface area contributed by atoms with Gasteiger partial charge in [0.25, 0.3) is 0 Å². The minimum atomic E-state index is -0.429. The van der Waals surface area contributed by atoms with E-state index < -0.39 is 5.60 Å². The summed E-state index contributed by atoms with van der Waals surface area (Å²) in [5, 5.41) is 2.20. The van der Waals surface area contributed by atoms with Gasteiger partial charge in [-0.3, -0.25) is 4.79 Å². The van der Waals surface area contributed by atoms with Crippen molar-refractivity contribution in [3.8, 4) is 0 Å². The molecule has 1 aromatic carbocycles. The van der Waals surface area contributed by atoms with Crippen LogP contribution in [0.5, 0.6) is 0 Å². The highest BCUT2D eigenvalue weighted by Crippen LogP contribution is 2.30. The number of carbonyl (C=O) groups is 1. The Morgan fingerprint density at radius 3 is 2.76 bits per heavy atom. The van der Waals surface area contributed by atoms with Crippen molar-refractivity contribution in [2.75, 3.05) is 18.8 Å². The molecule has 0 aliphatic carbocycles. The molecule has 2 N–H and O–H groups in total. The lowest BCUT2D eigenvalue weighted by atomic mass is 9.92. The molecule has 0 radical (unpaired) electrons. The predicted octanol–water partition coefficient (Wildman–Crippen LogP) is 0.712. The smallest absolute Gasteiger partial charge is 0.307 e. The van der Waals surface area contributed by atoms with Crippen molar-refractivity contribution in [3.05, 3.63) is 35.9 Å². The summed E-state index contributed by atoms with van der Waals surface area (Å²) in [7, 11) is 0. The molecule has 2 rings (SSSR count). The Bertz CT molecular complexity index is 374. The fourth-order valence-electron chi connectivity index (χ4n) is 2.29. The Kier molecular flexibility index (Phi) is 4.07. The number of quaternary nitrogens is 1. The maximum Gasteiger partial charge on any atom is 0.307 e. The van der Waals surface area contributed by atoms with Crippen molar-refractivity contribution in [1.29, 1.82) is 0 Å². The van der Waals surface area contributed by atoms with Crippen molar-refractivity contribution in [2.24, 2.45) is 0 Å². The van der Waals surface area contributed by atoms with Crippen LogP contribution < -0.4 is 5.32 Å². The molecule has 1 aliphatic rings. The Morgan fingerprint density at radius 1 is 1.41 bits per heavy atom. The molecule has 1 fully saturated rings. The summed E-state index contributed by atoms with van der Waals surface area (Å²) in [6.07, 6.45) is 1.26. The molecular weight excluding hydrogens is 234 g/mol. The van der Waals surface area contributed by atoms with Crippen LogP contribution in [0.4, 0.5) is 0 Å². The second-order valence-electron chi connectivity index (χ2n) is 4.34. The first-order valence-corrected chi connectivity index (χ1v) is 6.60. The second kappa shape index (κ2) is 5.56. The highest BCUT2D eigenvalue weighted by molar-refractivity contribution is 7.80. The quantitative estimate of drug-likeness (QED) is 0.612. The molecular formula is C13H18NO2S+. The van der Waals surface area contributed by atoms with Crippen molar-refractivity contribution in [1.82, 2.24) is 0 Å². The first-order valence-electron chi connectivity index (χ1n) is 5.97. The van der Waals surface area contributed by atoms with E-state index in [0.29, 0.717) is 12.2 Å². The molecule has 1 heterocycles. The SMILES string of the molecule is O=C(CCS)OC1(c2ccccc2)CC[NH2+]C1. The van der Waals surface area contributed by atoms with Crippen molar-refractivity contribution in [2.45, 2.75) is 18.4 Å². The number of esters is 1. The Balaban J connectivity index is 2.18. The van der Waals surface area contributed by atoms with Gasteiger partial charge in [0.1, 0.15) is 6.54 Å². The standard InChI is InChI=1S/C13H17NO2S/c15-12(6-9-17)16-13(7-8-14-10-13)11-4-2-1-3-5-11/h1-5,14,17H,6-10H2/p+1. The summed E-state index contributed by atoms with van der Waals surface area (Å²) in [5.74, 6) is 0.382. The first-order chi connectivity index (χ1) is 8.27. The first kappa shape index (κ1) is 12.5. The molecule has 4 heteroatoms. The third kappa shape index (κ3) is 2.82. The van der Waals surface area contributed by atoms with E-state index in [-0.39, 0.29) is 5.97 Å². The van der Waals surface area contributed by atoms with E-state index in [1.165, 1.54) is 0 Å². The van der Waals surface area contributed by atoms with E-state index in [0.717, 1.165) is 25.1 Å². The lowest BCUT2D eigenvalue weighted by Crippen LogP contribution is -2.82. The number of hydrogen-bond donors (Lipinski definition) is 2. The molecule has 0 aromatic heterocycles. The number of ether oxygens (including phenoxy) is 1. The lowest BCUT2D eigenvalue weighted by molar-refractivity contribution is -0.642. The van der Waals surface area contributed by atoms with Gasteiger partial charge in [0.2, 0.25) is 0 Å². The van der Waals surface area contributed by atoms with Gasteiger partial charge < -0.3 is 10.1 Å². The van der Waals surface area contributed by atoms with Gasteiger partial charge in [-0.25, -0.2) is 0 Å². The van der Waals surface area contributed by atoms with E-state index in [1.807, 2.05) is 30.3 Å². The van der Waals surface area contributed by atoms with Gasteiger partial charge in [-0.2, -0.15) is 12.6 Å². The van der Waals surface area contributed by atoms with Gasteiger partial charge in [0.05, 0.1) is 13.0 Å². The van der Waals surface area contributed by atoms with Crippen LogP contribution in [0, 0.1) is 0 Å². The normalized spacial score (nSPS) is 23.6. The number of rotatable bonds is 4. The summed E-state index contributed by atoms with van der Waals surface area (Å²) in [6, 6.07) is 10.0. The number of carbonyl (C=O) groups excluding carboxylic acids is 1. The van der Waals surface area contributed by atoms with Crippen LogP contribution in [0.1, 0.15) is 18.4 Å². The minimum absolute atomic E-state index is 0.154. The van der Waals surface area contributed by atoms with Gasteiger partial charge in [-0.1, -0.05) is 30.3 Å². The average molecular weight is 252 g/mol. The van der Waals surface area contributed by atoms with Crippen LogP contribution in [-0.2, 0) is 15.1 Å². The third-order valence-electron chi connectivity index (χ3n) is 3.15. The maximum absolute atomic E-state index is 11.7. The molecule has 1 unspecified atom stereocenters. The molecule has 0 saturated carbocycles. The molecule has 17 heavy (non-hydrogen) atoms. The van der Waals surface area contributed by atoms with Gasteiger partial charge in [-0.15, -0.1) is 0 Å². The molecule has 92 valence electrons. The summed E-state index contributed by atoms with van der Waals surface area (Å²) in [6.45, 7) is 1.82. The maximum atomic E-state index is 11.7. The molecule has 0 spiro atoms. The zero-order valence-corrected chi connectivity index (χ0v) is 10.7. The number of hydrogen-bond acceptors (Lipinski definition) is 3. The van der Waals surface area contributed by atoms with Crippen LogP contribution in [0.2, 0.25) is 0 Å². The van der Waals surface area contributed by atoms with Crippen LogP contribution in [0.15, 0.2) is 30.3 Å². The van der Waals surface area contributed by atoms with Crippen LogP contribution >= 0.6 is 12.6 Å². The zero-order valence-electron chi connectivity index (χ0n) is 9.76. The largest absolute Gasteiger partial charge is 0.448 e. The molecule has 1 aromatic rings. The van der Waals surface area contributed by atoms with E-state index in [9.17, 15) is 4.79 Å². The predicted molar refractivity (Wildman–Crippen MR) is 69.0 cm³/mol. The minimum Gasteiger partial charge on any atom is -0.448 e. The molecule has 3 nitrogen and oxygen atoms in total. The molecule has 1 aliphatic heterocycles. The number of thiol groups is 1. The van der Waals surface area contributed by atoms with Crippen molar-refractivity contribution in [3.63, 3.8) is 0 Å². The van der Waals surface area contributed by atoms with E-state index in [1.54, 1.807) is 0 Å². The van der Waals surface area contributed by atoms with Crippen LogP contribution in [-0.4, -0.2) is 24.8 Å². The number of benzene rings is 1. The molecule has 1 atom stereocenters. The van der Waals surface area contributed by atoms with Gasteiger partial charge >= 0.3 is 5.97 Å². The number of nitrogens with two attached hydrogens (primary N) is 1. The fourth-order valence-corrected chi connectivity index (χ4v) is 2.47. The Morgan fingerprint density at radius 2 is 2.18 bits per heavy atom. The fraction of sp³-hybridized carbons (Fsp3) is 0.462. The van der Waals surface area contributed by atoms with Gasteiger partial charge in [0.15, 0.2) is 5.60 Å². The molecule has 1 saturated heterocycles. The van der Waals surface area contributed by atoms with Crippen molar-refractivity contribution < 1.29 is 14.8 Å².